The van der Waals surface area contributed by atoms with Gasteiger partial charge in [-0.15, -0.1) is 0 Å². The number of nitrogens with two attached hydrogens (primary N) is 1. The minimum atomic E-state index is -1.23. The fourth-order valence-electron chi connectivity index (χ4n) is 4.50. The van der Waals surface area contributed by atoms with Crippen LogP contribution in [0.3, 0.4) is 0 Å². The zero-order valence-corrected chi connectivity index (χ0v) is 22.4. The van der Waals surface area contributed by atoms with Crippen LogP contribution in [0.5, 0.6) is 0 Å². The average molecular weight is 520 g/mol. The molecule has 1 aromatic rings. The highest BCUT2D eigenvalue weighted by molar-refractivity contribution is 5.92. The number of aliphatic hydroxyl groups excluding tert-OH is 2. The number of unbranched alkanes of at least 4 members (excludes halogenated alkanes) is 11. The van der Waals surface area contributed by atoms with E-state index in [0.717, 1.165) is 32.1 Å². The fraction of sp³-hybridized carbons (Fsp3) is 0.690. The highest BCUT2D eigenvalue weighted by atomic mass is 16.6. The van der Waals surface area contributed by atoms with E-state index in [2.05, 4.69) is 19.1 Å². The van der Waals surface area contributed by atoms with Crippen molar-refractivity contribution in [3.8, 4) is 0 Å². The first kappa shape index (κ1) is 30.9. The monoisotopic (exact) mass is 519 g/mol. The summed E-state index contributed by atoms with van der Waals surface area (Å²) in [6.45, 7) is 2.10. The van der Waals surface area contributed by atoms with Gasteiger partial charge in [0.1, 0.15) is 24.4 Å². The van der Waals surface area contributed by atoms with Crippen LogP contribution < -0.4 is 10.3 Å². The fourth-order valence-corrected chi connectivity index (χ4v) is 4.50. The number of esters is 1. The molecule has 1 aliphatic rings. The van der Waals surface area contributed by atoms with E-state index >= 15 is 0 Å². The van der Waals surface area contributed by atoms with Gasteiger partial charge in [0.25, 0.3) is 12.1 Å². The number of rotatable bonds is 19. The normalized spacial score (nSPS) is 21.5. The predicted molar refractivity (Wildman–Crippen MR) is 141 cm³/mol. The van der Waals surface area contributed by atoms with Crippen LogP contribution in [0.4, 0.5) is 0 Å². The molecule has 0 saturated carbocycles. The van der Waals surface area contributed by atoms with Crippen molar-refractivity contribution in [2.24, 2.45) is 5.73 Å². The summed E-state index contributed by atoms with van der Waals surface area (Å²) < 4.78 is 12.5. The van der Waals surface area contributed by atoms with Gasteiger partial charge in [0, 0.05) is 12.5 Å². The van der Waals surface area contributed by atoms with Crippen molar-refractivity contribution in [2.75, 3.05) is 6.61 Å². The smallest absolute Gasteiger partial charge is 0.305 e. The number of aliphatic hydroxyl groups is 2. The highest BCUT2D eigenvalue weighted by Gasteiger charge is 2.48. The molecule has 8 heteroatoms. The molecule has 1 amide bonds. The first-order chi connectivity index (χ1) is 17.9. The second kappa shape index (κ2) is 18.0. The average Bonchev–Trinajstić information content (AvgIpc) is 3.18. The van der Waals surface area contributed by atoms with Crippen LogP contribution in [0.15, 0.2) is 36.7 Å². The van der Waals surface area contributed by atoms with Gasteiger partial charge in [-0.2, -0.15) is 4.57 Å². The van der Waals surface area contributed by atoms with Gasteiger partial charge in [-0.3, -0.25) is 9.59 Å². The number of allylic oxidation sites excluding steroid dienone is 2. The Hall–Kier alpha value is -2.29. The van der Waals surface area contributed by atoms with E-state index in [4.69, 9.17) is 15.2 Å². The van der Waals surface area contributed by atoms with Gasteiger partial charge >= 0.3 is 5.97 Å². The molecule has 0 aromatic carbocycles. The van der Waals surface area contributed by atoms with Gasteiger partial charge in [-0.25, -0.2) is 0 Å². The maximum atomic E-state index is 12.1. The minimum absolute atomic E-state index is 0.144. The molecule has 0 unspecified atom stereocenters. The van der Waals surface area contributed by atoms with Crippen LogP contribution in [0.2, 0.25) is 0 Å². The maximum Gasteiger partial charge on any atom is 0.305 e. The molecule has 0 radical (unpaired) electrons. The molecule has 37 heavy (non-hydrogen) atoms. The number of amides is 1. The molecule has 8 nitrogen and oxygen atoms in total. The summed E-state index contributed by atoms with van der Waals surface area (Å²) in [4.78, 5) is 23.5. The molecular formula is C29H47N2O6+. The molecular weight excluding hydrogens is 472 g/mol. The molecule has 0 aliphatic carbocycles. The molecule has 0 spiro atoms. The van der Waals surface area contributed by atoms with Crippen LogP contribution in [0.25, 0.3) is 0 Å². The summed E-state index contributed by atoms with van der Waals surface area (Å²) in [5.41, 5.74) is 5.55. The van der Waals surface area contributed by atoms with Crippen LogP contribution in [-0.2, 0) is 14.3 Å². The van der Waals surface area contributed by atoms with Gasteiger partial charge in [0.2, 0.25) is 0 Å². The minimum Gasteiger partial charge on any atom is -0.463 e. The van der Waals surface area contributed by atoms with Crippen LogP contribution in [-0.4, -0.2) is 47.0 Å². The van der Waals surface area contributed by atoms with E-state index in [-0.39, 0.29) is 18.1 Å². The topological polar surface area (TPSA) is 123 Å². The van der Waals surface area contributed by atoms with E-state index in [9.17, 15) is 19.8 Å². The van der Waals surface area contributed by atoms with E-state index < -0.39 is 30.4 Å². The van der Waals surface area contributed by atoms with E-state index in [0.29, 0.717) is 6.42 Å². The molecule has 1 aliphatic heterocycles. The summed E-state index contributed by atoms with van der Waals surface area (Å²) in [5, 5.41) is 20.7. The van der Waals surface area contributed by atoms with Crippen LogP contribution >= 0.6 is 0 Å². The van der Waals surface area contributed by atoms with Crippen molar-refractivity contribution < 1.29 is 33.8 Å². The summed E-state index contributed by atoms with van der Waals surface area (Å²) in [7, 11) is 0. The lowest BCUT2D eigenvalue weighted by atomic mass is 10.1. The van der Waals surface area contributed by atoms with Gasteiger partial charge in [-0.1, -0.05) is 70.4 Å². The summed E-state index contributed by atoms with van der Waals surface area (Å²) in [6.07, 6.45) is 19.3. The number of pyridine rings is 1. The lowest BCUT2D eigenvalue weighted by Crippen LogP contribution is -2.46. The standard InChI is InChI=1S/C29H46N2O6/c1-2-3-4-5-6-7-8-9-10-11-12-13-14-15-16-19-25(32)36-22-24-26(33)27(34)29(37-24)31-20-17-18-23(21-31)28(30)35/h9-10,17-18,20-21,24,26-27,29,33-34H,2-8,11-16,19,22H2,1H3,(H-,30,35)/p+1/b10-9-/t24-,26-,27-,29-/m1/s1. The number of aromatic nitrogens is 1. The van der Waals surface area contributed by atoms with Crippen molar-refractivity contribution in [3.05, 3.63) is 42.2 Å². The zero-order valence-electron chi connectivity index (χ0n) is 22.4. The van der Waals surface area contributed by atoms with Crippen molar-refractivity contribution in [3.63, 3.8) is 0 Å². The second-order valence-corrected chi connectivity index (χ2v) is 9.97. The SMILES string of the molecule is CCCCCCCC/C=C\CCCCCCCC(=O)OC[C@H]1O[C@@H]([n+]2cccc(C(N)=O)c2)[C@H](O)[C@@H]1O. The first-order valence-electron chi connectivity index (χ1n) is 14.1. The van der Waals surface area contributed by atoms with Crippen LogP contribution in [0, 0.1) is 0 Å². The Bertz CT molecular complexity index is 830. The van der Waals surface area contributed by atoms with E-state index in [1.165, 1.54) is 62.1 Å². The quantitative estimate of drug-likeness (QED) is 0.109. The third kappa shape index (κ3) is 11.8. The lowest BCUT2D eigenvalue weighted by molar-refractivity contribution is -0.765. The molecule has 1 saturated heterocycles. The predicted octanol–water partition coefficient (Wildman–Crippen LogP) is 4.27. The Balaban J connectivity index is 1.52. The molecule has 4 N–H and O–H groups in total. The number of hydrogen-bond donors (Lipinski definition) is 3. The molecule has 2 rings (SSSR count). The third-order valence-corrected chi connectivity index (χ3v) is 6.79. The molecule has 4 atom stereocenters. The third-order valence-electron chi connectivity index (χ3n) is 6.79. The number of carbonyl (C=O) groups is 2. The molecule has 2 heterocycles. The number of carbonyl (C=O) groups excluding carboxylic acids is 2. The van der Waals surface area contributed by atoms with Crippen molar-refractivity contribution in [1.29, 1.82) is 0 Å². The molecule has 1 fully saturated rings. The Morgan fingerprint density at radius 3 is 2.24 bits per heavy atom. The number of primary amides is 1. The number of nitrogens with zero attached hydrogens (tertiary/aromatic N) is 1. The Morgan fingerprint density at radius 1 is 0.973 bits per heavy atom. The Labute approximate surface area is 221 Å². The van der Waals surface area contributed by atoms with E-state index in [1.807, 2.05) is 0 Å². The van der Waals surface area contributed by atoms with Gasteiger partial charge in [-0.05, 0) is 38.2 Å². The lowest BCUT2D eigenvalue weighted by Gasteiger charge is -2.13. The molecule has 0 bridgehead atoms. The van der Waals surface area contributed by atoms with Crippen molar-refractivity contribution >= 4 is 11.9 Å². The van der Waals surface area contributed by atoms with Crippen LogP contribution in [0.1, 0.15) is 113 Å². The Morgan fingerprint density at radius 2 is 1.59 bits per heavy atom. The largest absolute Gasteiger partial charge is 0.463 e. The first-order valence-corrected chi connectivity index (χ1v) is 14.1. The molecule has 208 valence electrons. The maximum absolute atomic E-state index is 12.1. The highest BCUT2D eigenvalue weighted by Crippen LogP contribution is 2.26. The van der Waals surface area contributed by atoms with Gasteiger partial charge in [0.15, 0.2) is 18.5 Å². The summed E-state index contributed by atoms with van der Waals surface area (Å²) in [6, 6.07) is 3.15. The van der Waals surface area contributed by atoms with E-state index in [1.54, 1.807) is 18.3 Å². The van der Waals surface area contributed by atoms with Gasteiger partial charge < -0.3 is 25.4 Å². The van der Waals surface area contributed by atoms with Crippen molar-refractivity contribution in [2.45, 2.75) is 121 Å². The Kier molecular flexibility index (Phi) is 15.1. The summed E-state index contributed by atoms with van der Waals surface area (Å²) >= 11 is 0. The summed E-state index contributed by atoms with van der Waals surface area (Å²) in [5.74, 6) is -0.946. The zero-order chi connectivity index (χ0) is 26.9. The van der Waals surface area contributed by atoms with Crippen molar-refractivity contribution in [1.82, 2.24) is 0 Å². The number of hydrogen-bond acceptors (Lipinski definition) is 6. The van der Waals surface area contributed by atoms with Gasteiger partial charge in [0.05, 0.1) is 0 Å². The second-order valence-electron chi connectivity index (χ2n) is 9.97. The number of ether oxygens (including phenoxy) is 2. The molecule has 1 aromatic heterocycles.